The van der Waals surface area contributed by atoms with Crippen LogP contribution in [0.25, 0.3) is 0 Å². The van der Waals surface area contributed by atoms with Gasteiger partial charge in [0.1, 0.15) is 0 Å². The second kappa shape index (κ2) is 6.50. The Morgan fingerprint density at radius 1 is 1.10 bits per heavy atom. The SMILES string of the molecule is Cc1cc(Br)cc(C)c1NC(=O)Nc1cccc(Cl)c1C. The Morgan fingerprint density at radius 3 is 2.33 bits per heavy atom. The van der Waals surface area contributed by atoms with Crippen molar-refractivity contribution in [3.63, 3.8) is 0 Å². The fourth-order valence-electron chi connectivity index (χ4n) is 2.12. The van der Waals surface area contributed by atoms with Crippen molar-refractivity contribution < 1.29 is 4.79 Å². The molecule has 2 rings (SSSR count). The standard InChI is InChI=1S/C16H16BrClN2O/c1-9-7-12(17)8-10(2)15(9)20-16(21)19-14-6-4-5-13(18)11(14)3/h4-8H,1-3H3,(H2,19,20,21). The normalized spacial score (nSPS) is 10.3. The van der Waals surface area contributed by atoms with Crippen LogP contribution in [0.1, 0.15) is 16.7 Å². The maximum absolute atomic E-state index is 12.2. The Kier molecular flexibility index (Phi) is 4.91. The number of carbonyl (C=O) groups excluding carboxylic acids is 1. The van der Waals surface area contributed by atoms with Crippen molar-refractivity contribution in [3.05, 3.63) is 56.5 Å². The van der Waals surface area contributed by atoms with Gasteiger partial charge in [-0.2, -0.15) is 0 Å². The topological polar surface area (TPSA) is 41.1 Å². The van der Waals surface area contributed by atoms with E-state index < -0.39 is 0 Å². The molecule has 0 saturated carbocycles. The number of hydrogen-bond acceptors (Lipinski definition) is 1. The first-order valence-corrected chi connectivity index (χ1v) is 7.65. The minimum atomic E-state index is -0.283. The number of hydrogen-bond donors (Lipinski definition) is 2. The highest BCUT2D eigenvalue weighted by atomic mass is 79.9. The lowest BCUT2D eigenvalue weighted by molar-refractivity contribution is 0.262. The fraction of sp³-hybridized carbons (Fsp3) is 0.188. The molecule has 0 heterocycles. The zero-order valence-electron chi connectivity index (χ0n) is 12.1. The highest BCUT2D eigenvalue weighted by molar-refractivity contribution is 9.10. The van der Waals surface area contributed by atoms with Crippen molar-refractivity contribution in [2.24, 2.45) is 0 Å². The van der Waals surface area contributed by atoms with E-state index in [1.165, 1.54) is 0 Å². The number of nitrogens with one attached hydrogen (secondary N) is 2. The van der Waals surface area contributed by atoms with E-state index in [4.69, 9.17) is 11.6 Å². The van der Waals surface area contributed by atoms with Gasteiger partial charge in [0.2, 0.25) is 0 Å². The monoisotopic (exact) mass is 366 g/mol. The number of benzene rings is 2. The van der Waals surface area contributed by atoms with Crippen molar-refractivity contribution in [1.29, 1.82) is 0 Å². The summed E-state index contributed by atoms with van der Waals surface area (Å²) >= 11 is 9.49. The highest BCUT2D eigenvalue weighted by Crippen LogP contribution is 2.26. The number of aryl methyl sites for hydroxylation is 2. The molecule has 2 aromatic rings. The van der Waals surface area contributed by atoms with E-state index in [1.54, 1.807) is 12.1 Å². The summed E-state index contributed by atoms with van der Waals surface area (Å²) in [7, 11) is 0. The highest BCUT2D eigenvalue weighted by Gasteiger charge is 2.10. The van der Waals surface area contributed by atoms with Crippen molar-refractivity contribution in [3.8, 4) is 0 Å². The zero-order chi connectivity index (χ0) is 15.6. The first-order valence-electron chi connectivity index (χ1n) is 6.48. The van der Waals surface area contributed by atoms with Gasteiger partial charge in [-0.15, -0.1) is 0 Å². The van der Waals surface area contributed by atoms with E-state index in [9.17, 15) is 4.79 Å². The predicted octanol–water partition coefficient (Wildman–Crippen LogP) is 5.67. The van der Waals surface area contributed by atoms with Crippen molar-refractivity contribution in [2.75, 3.05) is 10.6 Å². The number of halogens is 2. The molecule has 2 amide bonds. The minimum Gasteiger partial charge on any atom is -0.307 e. The molecule has 2 aromatic carbocycles. The van der Waals surface area contributed by atoms with E-state index in [0.29, 0.717) is 10.7 Å². The van der Waals surface area contributed by atoms with E-state index in [1.807, 2.05) is 39.0 Å². The Hall–Kier alpha value is -1.52. The first-order chi connectivity index (χ1) is 9.88. The lowest BCUT2D eigenvalue weighted by atomic mass is 10.1. The van der Waals surface area contributed by atoms with Gasteiger partial charge in [-0.05, 0) is 61.7 Å². The van der Waals surface area contributed by atoms with Crippen LogP contribution < -0.4 is 10.6 Å². The van der Waals surface area contributed by atoms with Crippen LogP contribution in [0.15, 0.2) is 34.8 Å². The van der Waals surface area contributed by atoms with Crippen LogP contribution in [0.4, 0.5) is 16.2 Å². The van der Waals surface area contributed by atoms with Crippen molar-refractivity contribution in [1.82, 2.24) is 0 Å². The third kappa shape index (κ3) is 3.77. The maximum atomic E-state index is 12.2. The summed E-state index contributed by atoms with van der Waals surface area (Å²) in [6.45, 7) is 5.78. The number of carbonyl (C=O) groups is 1. The molecular weight excluding hydrogens is 352 g/mol. The maximum Gasteiger partial charge on any atom is 0.323 e. The smallest absolute Gasteiger partial charge is 0.307 e. The molecule has 0 unspecified atom stereocenters. The molecule has 0 fully saturated rings. The molecule has 0 aliphatic rings. The van der Waals surface area contributed by atoms with E-state index in [-0.39, 0.29) is 6.03 Å². The Bertz CT molecular complexity index is 678. The third-order valence-electron chi connectivity index (χ3n) is 3.25. The predicted molar refractivity (Wildman–Crippen MR) is 92.4 cm³/mol. The first kappa shape index (κ1) is 15.9. The lowest BCUT2D eigenvalue weighted by Crippen LogP contribution is -2.21. The van der Waals surface area contributed by atoms with Crippen LogP contribution in [-0.4, -0.2) is 6.03 Å². The molecule has 21 heavy (non-hydrogen) atoms. The summed E-state index contributed by atoms with van der Waals surface area (Å²) in [6.07, 6.45) is 0. The van der Waals surface area contributed by atoms with E-state index >= 15 is 0 Å². The lowest BCUT2D eigenvalue weighted by Gasteiger charge is -2.14. The summed E-state index contributed by atoms with van der Waals surface area (Å²) in [4.78, 5) is 12.2. The van der Waals surface area contributed by atoms with Crippen LogP contribution in [0, 0.1) is 20.8 Å². The van der Waals surface area contributed by atoms with Crippen molar-refractivity contribution >= 4 is 44.9 Å². The molecule has 0 spiro atoms. The molecule has 0 aliphatic heterocycles. The van der Waals surface area contributed by atoms with Gasteiger partial charge in [0.25, 0.3) is 0 Å². The summed E-state index contributed by atoms with van der Waals surface area (Å²) < 4.78 is 0.995. The number of anilines is 2. The van der Waals surface area contributed by atoms with Crippen molar-refractivity contribution in [2.45, 2.75) is 20.8 Å². The summed E-state index contributed by atoms with van der Waals surface area (Å²) in [5, 5.41) is 6.34. The molecule has 110 valence electrons. The van der Waals surface area contributed by atoms with Gasteiger partial charge in [0.05, 0.1) is 0 Å². The average molecular weight is 368 g/mol. The molecule has 0 aliphatic carbocycles. The van der Waals surface area contributed by atoms with Crippen LogP contribution >= 0.6 is 27.5 Å². The van der Waals surface area contributed by atoms with Gasteiger partial charge in [0, 0.05) is 20.9 Å². The second-order valence-electron chi connectivity index (χ2n) is 4.91. The molecule has 0 saturated heterocycles. The molecule has 5 heteroatoms. The molecular formula is C16H16BrClN2O. The number of rotatable bonds is 2. The quantitative estimate of drug-likeness (QED) is 0.705. The molecule has 0 radical (unpaired) electrons. The van der Waals surface area contributed by atoms with E-state index in [2.05, 4.69) is 26.6 Å². The molecule has 2 N–H and O–H groups in total. The number of amides is 2. The molecule has 3 nitrogen and oxygen atoms in total. The van der Waals surface area contributed by atoms with Crippen LogP contribution in [0.5, 0.6) is 0 Å². The fourth-order valence-corrected chi connectivity index (χ4v) is 2.98. The molecule has 0 bridgehead atoms. The van der Waals surface area contributed by atoms with Gasteiger partial charge in [-0.3, -0.25) is 0 Å². The van der Waals surface area contributed by atoms with Gasteiger partial charge < -0.3 is 10.6 Å². The molecule has 0 atom stereocenters. The minimum absolute atomic E-state index is 0.283. The summed E-state index contributed by atoms with van der Waals surface area (Å²) in [5.41, 5.74) is 4.36. The van der Waals surface area contributed by atoms with Crippen LogP contribution in [-0.2, 0) is 0 Å². The second-order valence-corrected chi connectivity index (χ2v) is 6.23. The summed E-state index contributed by atoms with van der Waals surface area (Å²) in [5.74, 6) is 0. The van der Waals surface area contributed by atoms with Gasteiger partial charge in [-0.1, -0.05) is 33.6 Å². The Morgan fingerprint density at radius 2 is 1.71 bits per heavy atom. The summed E-state index contributed by atoms with van der Waals surface area (Å²) in [6, 6.07) is 9.07. The average Bonchev–Trinajstić information content (AvgIpc) is 2.39. The third-order valence-corrected chi connectivity index (χ3v) is 4.12. The number of urea groups is 1. The van der Waals surface area contributed by atoms with Crippen LogP contribution in [0.3, 0.4) is 0 Å². The molecule has 0 aromatic heterocycles. The van der Waals surface area contributed by atoms with E-state index in [0.717, 1.165) is 26.9 Å². The Balaban J connectivity index is 2.18. The zero-order valence-corrected chi connectivity index (χ0v) is 14.4. The van der Waals surface area contributed by atoms with Gasteiger partial charge in [0.15, 0.2) is 0 Å². The Labute approximate surface area is 137 Å². The largest absolute Gasteiger partial charge is 0.323 e. The van der Waals surface area contributed by atoms with Gasteiger partial charge in [-0.25, -0.2) is 4.79 Å². The van der Waals surface area contributed by atoms with Gasteiger partial charge >= 0.3 is 6.03 Å². The van der Waals surface area contributed by atoms with Crippen LogP contribution in [0.2, 0.25) is 5.02 Å².